The second-order valence-electron chi connectivity index (χ2n) is 8.65. The Morgan fingerprint density at radius 2 is 1.42 bits per heavy atom. The van der Waals surface area contributed by atoms with E-state index in [-0.39, 0.29) is 17.1 Å². The number of alkyl halides is 1. The minimum atomic E-state index is -4.22. The van der Waals surface area contributed by atoms with Gasteiger partial charge in [0, 0.05) is 42.9 Å². The molecule has 1 aromatic heterocycles. The van der Waals surface area contributed by atoms with E-state index in [0.29, 0.717) is 5.69 Å². The second kappa shape index (κ2) is 10.5. The maximum Gasteiger partial charge on any atom is 0.269 e. The van der Waals surface area contributed by atoms with Crippen LogP contribution in [0.4, 0.5) is 15.8 Å². The number of hydrogen-bond acceptors (Lipinski definition) is 4. The lowest BCUT2D eigenvalue weighted by Gasteiger charge is -2.26. The molecule has 38 heavy (non-hydrogen) atoms. The summed E-state index contributed by atoms with van der Waals surface area (Å²) < 4.78 is 47.8. The quantitative estimate of drug-likeness (QED) is 0.128. The fourth-order valence-electron chi connectivity index (χ4n) is 4.48. The molecular formula is C27H20Br2FN3O4S. The summed E-state index contributed by atoms with van der Waals surface area (Å²) in [5.41, 5.74) is 1.72. The van der Waals surface area contributed by atoms with Crippen molar-refractivity contribution in [2.45, 2.75) is 17.6 Å². The van der Waals surface area contributed by atoms with Gasteiger partial charge in [-0.25, -0.2) is 12.8 Å². The highest BCUT2D eigenvalue weighted by molar-refractivity contribution is 9.10. The van der Waals surface area contributed by atoms with Crippen molar-refractivity contribution >= 4 is 75.1 Å². The standard InChI is InChI=1S/C27H20Br2FN3O4S/c28-18-6-12-26-24(14-18)25-15-19(29)7-13-27(25)31(26)16-20(30)17-32(21-4-2-1-3-5-21)38(36,37)23-10-8-22(9-11-23)33(34)35/h1-15,20H,16-17H2. The fraction of sp³-hybridized carbons (Fsp3) is 0.111. The number of para-hydroxylation sites is 1. The third-order valence-electron chi connectivity index (χ3n) is 6.21. The first-order chi connectivity index (χ1) is 18.1. The van der Waals surface area contributed by atoms with Crippen LogP contribution in [0.2, 0.25) is 0 Å². The number of hydrogen-bond donors (Lipinski definition) is 0. The third kappa shape index (κ3) is 5.05. The van der Waals surface area contributed by atoms with Gasteiger partial charge in [0.2, 0.25) is 0 Å². The largest absolute Gasteiger partial charge is 0.337 e. The Morgan fingerprint density at radius 1 is 0.868 bits per heavy atom. The molecule has 0 N–H and O–H groups in total. The Bertz CT molecular complexity index is 1700. The van der Waals surface area contributed by atoms with Gasteiger partial charge in [-0.1, -0.05) is 50.1 Å². The van der Waals surface area contributed by atoms with Gasteiger partial charge in [0.15, 0.2) is 0 Å². The van der Waals surface area contributed by atoms with Crippen LogP contribution in [0.1, 0.15) is 0 Å². The number of sulfonamides is 1. The molecule has 4 aromatic carbocycles. The Hall–Kier alpha value is -3.28. The van der Waals surface area contributed by atoms with Crippen LogP contribution >= 0.6 is 31.9 Å². The molecule has 0 saturated carbocycles. The van der Waals surface area contributed by atoms with E-state index in [9.17, 15) is 18.5 Å². The van der Waals surface area contributed by atoms with E-state index in [1.807, 2.05) is 41.0 Å². The van der Waals surface area contributed by atoms with Gasteiger partial charge in [0.05, 0.1) is 28.6 Å². The van der Waals surface area contributed by atoms with Crippen LogP contribution < -0.4 is 4.31 Å². The molecule has 7 nitrogen and oxygen atoms in total. The molecule has 0 aliphatic carbocycles. The predicted molar refractivity (Wildman–Crippen MR) is 154 cm³/mol. The van der Waals surface area contributed by atoms with Crippen LogP contribution in [0.15, 0.2) is 105 Å². The molecule has 0 bridgehead atoms. The lowest BCUT2D eigenvalue weighted by atomic mass is 10.2. The summed E-state index contributed by atoms with van der Waals surface area (Å²) in [5, 5.41) is 12.9. The number of non-ortho nitro benzene ring substituents is 1. The number of nitro groups is 1. The molecule has 0 radical (unpaired) electrons. The molecule has 194 valence electrons. The summed E-state index contributed by atoms with van der Waals surface area (Å²) in [6, 6.07) is 24.4. The molecule has 11 heteroatoms. The van der Waals surface area contributed by atoms with Crippen LogP contribution in [0.3, 0.4) is 0 Å². The minimum Gasteiger partial charge on any atom is -0.337 e. The average Bonchev–Trinajstić information content (AvgIpc) is 3.19. The predicted octanol–water partition coefficient (Wildman–Crippen LogP) is 7.46. The van der Waals surface area contributed by atoms with Crippen molar-refractivity contribution in [2.75, 3.05) is 10.8 Å². The molecule has 0 amide bonds. The van der Waals surface area contributed by atoms with E-state index in [1.54, 1.807) is 30.3 Å². The zero-order valence-electron chi connectivity index (χ0n) is 19.7. The van der Waals surface area contributed by atoms with Gasteiger partial charge in [-0.15, -0.1) is 0 Å². The highest BCUT2D eigenvalue weighted by atomic mass is 79.9. The Morgan fingerprint density at radius 3 is 1.95 bits per heavy atom. The van der Waals surface area contributed by atoms with E-state index in [1.165, 1.54) is 12.1 Å². The highest BCUT2D eigenvalue weighted by Gasteiger charge is 2.29. The van der Waals surface area contributed by atoms with E-state index in [4.69, 9.17) is 0 Å². The molecule has 0 saturated heterocycles. The molecule has 1 atom stereocenters. The Balaban J connectivity index is 1.52. The van der Waals surface area contributed by atoms with Crippen molar-refractivity contribution in [3.8, 4) is 0 Å². The van der Waals surface area contributed by atoms with Crippen molar-refractivity contribution in [1.29, 1.82) is 0 Å². The molecule has 0 aliphatic heterocycles. The van der Waals surface area contributed by atoms with Crippen molar-refractivity contribution in [3.63, 3.8) is 0 Å². The third-order valence-corrected chi connectivity index (χ3v) is 9.01. The fourth-order valence-corrected chi connectivity index (χ4v) is 6.70. The van der Waals surface area contributed by atoms with Crippen molar-refractivity contribution < 1.29 is 17.7 Å². The van der Waals surface area contributed by atoms with Crippen molar-refractivity contribution in [1.82, 2.24) is 4.57 Å². The average molecular weight is 661 g/mol. The number of benzene rings is 4. The first kappa shape index (κ1) is 26.3. The topological polar surface area (TPSA) is 85.4 Å². The van der Waals surface area contributed by atoms with Gasteiger partial charge in [-0.2, -0.15) is 0 Å². The molecule has 5 rings (SSSR count). The van der Waals surface area contributed by atoms with Gasteiger partial charge in [-0.3, -0.25) is 14.4 Å². The number of fused-ring (bicyclic) bond motifs is 3. The maximum absolute atomic E-state index is 15.9. The number of aromatic nitrogens is 1. The number of halogens is 3. The van der Waals surface area contributed by atoms with E-state index >= 15 is 4.39 Å². The van der Waals surface area contributed by atoms with Gasteiger partial charge < -0.3 is 4.57 Å². The number of nitrogens with zero attached hydrogens (tertiary/aromatic N) is 3. The van der Waals surface area contributed by atoms with E-state index in [2.05, 4.69) is 31.9 Å². The highest BCUT2D eigenvalue weighted by Crippen LogP contribution is 2.34. The summed E-state index contributed by atoms with van der Waals surface area (Å²) in [6.45, 7) is -0.528. The summed E-state index contributed by atoms with van der Waals surface area (Å²) in [6.07, 6.45) is -1.57. The molecule has 0 spiro atoms. The molecule has 5 aromatic rings. The van der Waals surface area contributed by atoms with Gasteiger partial charge in [-0.05, 0) is 60.7 Å². The first-order valence-corrected chi connectivity index (χ1v) is 14.5. The minimum absolute atomic E-state index is 0.0810. The van der Waals surface area contributed by atoms with Crippen LogP contribution in [0, 0.1) is 10.1 Å². The molecule has 0 fully saturated rings. The maximum atomic E-state index is 15.9. The van der Waals surface area contributed by atoms with E-state index < -0.39 is 27.7 Å². The lowest BCUT2D eigenvalue weighted by Crippen LogP contribution is -2.37. The number of anilines is 1. The van der Waals surface area contributed by atoms with Crippen molar-refractivity contribution in [3.05, 3.63) is 110 Å². The Kier molecular flexibility index (Phi) is 7.26. The first-order valence-electron chi connectivity index (χ1n) is 11.5. The normalized spacial score (nSPS) is 12.6. The molecular weight excluding hydrogens is 641 g/mol. The summed E-state index contributed by atoms with van der Waals surface area (Å²) >= 11 is 7.01. The zero-order chi connectivity index (χ0) is 27.0. The van der Waals surface area contributed by atoms with Gasteiger partial charge in [0.25, 0.3) is 15.7 Å². The van der Waals surface area contributed by atoms with Crippen LogP contribution in [-0.4, -0.2) is 30.6 Å². The van der Waals surface area contributed by atoms with Gasteiger partial charge >= 0.3 is 0 Å². The Labute approximate surface area is 234 Å². The van der Waals surface area contributed by atoms with Crippen LogP contribution in [-0.2, 0) is 16.6 Å². The second-order valence-corrected chi connectivity index (χ2v) is 12.3. The van der Waals surface area contributed by atoms with E-state index in [0.717, 1.165) is 47.2 Å². The van der Waals surface area contributed by atoms with Crippen LogP contribution in [0.25, 0.3) is 21.8 Å². The SMILES string of the molecule is O=[N+]([O-])c1ccc(S(=O)(=O)N(CC(F)Cn2c3ccc(Br)cc3c3cc(Br)ccc32)c2ccccc2)cc1. The monoisotopic (exact) mass is 659 g/mol. The number of nitro benzene ring substituents is 1. The summed E-state index contributed by atoms with van der Waals surface area (Å²) in [5.74, 6) is 0. The number of rotatable bonds is 8. The van der Waals surface area contributed by atoms with Crippen molar-refractivity contribution in [2.24, 2.45) is 0 Å². The van der Waals surface area contributed by atoms with Crippen LogP contribution in [0.5, 0.6) is 0 Å². The lowest BCUT2D eigenvalue weighted by molar-refractivity contribution is -0.384. The molecule has 1 heterocycles. The van der Waals surface area contributed by atoms with Gasteiger partial charge in [0.1, 0.15) is 6.17 Å². The smallest absolute Gasteiger partial charge is 0.269 e. The zero-order valence-corrected chi connectivity index (χ0v) is 23.7. The molecule has 0 aliphatic rings. The summed E-state index contributed by atoms with van der Waals surface area (Å²) in [4.78, 5) is 10.3. The molecule has 1 unspecified atom stereocenters. The summed E-state index contributed by atoms with van der Waals surface area (Å²) in [7, 11) is -4.22.